The minimum atomic E-state index is -0.0241. The molecule has 0 fully saturated rings. The Morgan fingerprint density at radius 3 is 2.35 bits per heavy atom. The molecule has 0 radical (unpaired) electrons. The van der Waals surface area contributed by atoms with Crippen LogP contribution in [-0.2, 0) is 4.79 Å². The van der Waals surface area contributed by atoms with Gasteiger partial charge in [0.2, 0.25) is 5.91 Å². The van der Waals surface area contributed by atoms with Gasteiger partial charge < -0.3 is 0 Å². The van der Waals surface area contributed by atoms with Crippen LogP contribution in [0.15, 0.2) is 18.2 Å². The lowest BCUT2D eigenvalue weighted by atomic mass is 10.0. The third kappa shape index (κ3) is 3.07. The van der Waals surface area contributed by atoms with Crippen LogP contribution in [0.3, 0.4) is 0 Å². The van der Waals surface area contributed by atoms with Crippen LogP contribution < -0.4 is 10.9 Å². The molecule has 1 aromatic carbocycles. The topological polar surface area (TPSA) is 46.3 Å². The highest BCUT2D eigenvalue weighted by Gasteiger charge is 2.20. The van der Waals surface area contributed by atoms with Gasteiger partial charge in [-0.3, -0.25) is 4.79 Å². The van der Waals surface area contributed by atoms with Crippen LogP contribution in [0, 0.1) is 19.8 Å². The van der Waals surface area contributed by atoms with Crippen LogP contribution in [-0.4, -0.2) is 5.91 Å². The second-order valence-corrected chi connectivity index (χ2v) is 4.64. The third-order valence-corrected chi connectivity index (χ3v) is 3.06. The van der Waals surface area contributed by atoms with E-state index in [1.54, 1.807) is 0 Å². The Bertz CT molecular complexity index is 381. The number of nitrogens with two attached hydrogens (primary N) is 1. The maximum Gasteiger partial charge on any atom is 0.243 e. The van der Waals surface area contributed by atoms with Crippen molar-refractivity contribution < 1.29 is 4.79 Å². The zero-order valence-corrected chi connectivity index (χ0v) is 11.2. The fraction of sp³-hybridized carbons (Fsp3) is 0.500. The molecule has 0 saturated heterocycles. The summed E-state index contributed by atoms with van der Waals surface area (Å²) in [5, 5.41) is 1.31. The minimum Gasteiger partial charge on any atom is -0.273 e. The summed E-state index contributed by atoms with van der Waals surface area (Å²) in [6.07, 6.45) is 1.87. The van der Waals surface area contributed by atoms with Crippen molar-refractivity contribution in [1.29, 1.82) is 0 Å². The minimum absolute atomic E-state index is 0.00995. The van der Waals surface area contributed by atoms with Crippen LogP contribution >= 0.6 is 0 Å². The Hall–Kier alpha value is -1.35. The van der Waals surface area contributed by atoms with Gasteiger partial charge >= 0.3 is 0 Å². The summed E-state index contributed by atoms with van der Waals surface area (Å²) >= 11 is 0. The summed E-state index contributed by atoms with van der Waals surface area (Å²) in [6.45, 7) is 7.95. The van der Waals surface area contributed by atoms with Gasteiger partial charge in [-0.15, -0.1) is 0 Å². The highest BCUT2D eigenvalue weighted by Crippen LogP contribution is 2.24. The molecule has 0 aliphatic rings. The first-order chi connectivity index (χ1) is 7.99. The van der Waals surface area contributed by atoms with E-state index in [1.807, 2.05) is 39.0 Å². The molecule has 0 aliphatic carbocycles. The summed E-state index contributed by atoms with van der Waals surface area (Å²) in [6, 6.07) is 5.92. The molecule has 1 unspecified atom stereocenters. The third-order valence-electron chi connectivity index (χ3n) is 3.06. The monoisotopic (exact) mass is 234 g/mol. The molecule has 17 heavy (non-hydrogen) atoms. The van der Waals surface area contributed by atoms with E-state index in [9.17, 15) is 4.79 Å². The molecule has 2 N–H and O–H groups in total. The number of amides is 1. The van der Waals surface area contributed by atoms with Crippen molar-refractivity contribution in [3.8, 4) is 0 Å². The number of anilines is 1. The SMILES string of the molecule is CCCC(C)C(=O)N(N)c1c(C)cccc1C. The van der Waals surface area contributed by atoms with E-state index in [1.165, 1.54) is 5.01 Å². The van der Waals surface area contributed by atoms with E-state index >= 15 is 0 Å². The summed E-state index contributed by atoms with van der Waals surface area (Å²) in [5.74, 6) is 5.92. The Balaban J connectivity index is 2.96. The molecule has 1 atom stereocenters. The number of hydrazine groups is 1. The number of rotatable bonds is 4. The number of hydrogen-bond acceptors (Lipinski definition) is 2. The predicted molar refractivity (Wildman–Crippen MR) is 71.7 cm³/mol. The van der Waals surface area contributed by atoms with Crippen molar-refractivity contribution in [3.05, 3.63) is 29.3 Å². The number of benzene rings is 1. The van der Waals surface area contributed by atoms with Gasteiger partial charge in [-0.25, -0.2) is 10.9 Å². The van der Waals surface area contributed by atoms with Gasteiger partial charge in [-0.2, -0.15) is 0 Å². The largest absolute Gasteiger partial charge is 0.273 e. The zero-order valence-electron chi connectivity index (χ0n) is 11.2. The van der Waals surface area contributed by atoms with E-state index in [4.69, 9.17) is 5.84 Å². The molecule has 1 amide bonds. The van der Waals surface area contributed by atoms with Gasteiger partial charge in [-0.1, -0.05) is 38.5 Å². The quantitative estimate of drug-likeness (QED) is 0.494. The Kier molecular flexibility index (Phi) is 4.70. The summed E-state index contributed by atoms with van der Waals surface area (Å²) in [5.41, 5.74) is 2.90. The summed E-state index contributed by atoms with van der Waals surface area (Å²) in [4.78, 5) is 12.1. The van der Waals surface area contributed by atoms with Gasteiger partial charge in [0.25, 0.3) is 0 Å². The van der Waals surface area contributed by atoms with Gasteiger partial charge in [0, 0.05) is 5.92 Å². The predicted octanol–water partition coefficient (Wildman–Crippen LogP) is 2.95. The van der Waals surface area contributed by atoms with Crippen molar-refractivity contribution in [2.75, 3.05) is 5.01 Å². The number of carbonyl (C=O) groups is 1. The fourth-order valence-electron chi connectivity index (χ4n) is 2.09. The first-order valence-corrected chi connectivity index (χ1v) is 6.13. The zero-order chi connectivity index (χ0) is 13.0. The molecule has 1 rings (SSSR count). The van der Waals surface area contributed by atoms with Crippen LogP contribution in [0.25, 0.3) is 0 Å². The van der Waals surface area contributed by atoms with Gasteiger partial charge in [0.05, 0.1) is 5.69 Å². The first kappa shape index (κ1) is 13.7. The second kappa shape index (κ2) is 5.82. The van der Waals surface area contributed by atoms with Crippen molar-refractivity contribution in [1.82, 2.24) is 0 Å². The molecule has 3 nitrogen and oxygen atoms in total. The standard InChI is InChI=1S/C14H22N2O/c1-5-7-12(4)14(17)16(15)13-10(2)8-6-9-11(13)3/h6,8-9,12H,5,7,15H2,1-4H3. The second-order valence-electron chi connectivity index (χ2n) is 4.64. The molecule has 0 aromatic heterocycles. The van der Waals surface area contributed by atoms with Gasteiger partial charge in [0.1, 0.15) is 0 Å². The molecule has 0 bridgehead atoms. The molecule has 0 aliphatic heterocycles. The average molecular weight is 234 g/mol. The van der Waals surface area contributed by atoms with E-state index in [-0.39, 0.29) is 11.8 Å². The molecule has 1 aromatic rings. The van der Waals surface area contributed by atoms with Crippen LogP contribution in [0.1, 0.15) is 37.8 Å². The van der Waals surface area contributed by atoms with Crippen LogP contribution in [0.5, 0.6) is 0 Å². The van der Waals surface area contributed by atoms with E-state index in [2.05, 4.69) is 6.92 Å². The maximum absolute atomic E-state index is 12.1. The first-order valence-electron chi connectivity index (χ1n) is 6.13. The van der Waals surface area contributed by atoms with Crippen molar-refractivity contribution in [2.45, 2.75) is 40.5 Å². The molecule has 0 saturated carbocycles. The summed E-state index contributed by atoms with van der Waals surface area (Å²) in [7, 11) is 0. The number of nitrogens with zero attached hydrogens (tertiary/aromatic N) is 1. The van der Waals surface area contributed by atoms with Crippen molar-refractivity contribution in [2.24, 2.45) is 11.8 Å². The molecule has 94 valence electrons. The normalized spacial score (nSPS) is 12.3. The van der Waals surface area contributed by atoms with E-state index in [0.717, 1.165) is 29.7 Å². The highest BCUT2D eigenvalue weighted by atomic mass is 16.2. The van der Waals surface area contributed by atoms with Gasteiger partial charge in [0.15, 0.2) is 0 Å². The molecular weight excluding hydrogens is 212 g/mol. The average Bonchev–Trinajstić information content (AvgIpc) is 2.27. The van der Waals surface area contributed by atoms with Crippen LogP contribution in [0.4, 0.5) is 5.69 Å². The Morgan fingerprint density at radius 2 is 1.88 bits per heavy atom. The maximum atomic E-state index is 12.1. The molecular formula is C14H22N2O. The van der Waals surface area contributed by atoms with E-state index < -0.39 is 0 Å². The fourth-order valence-corrected chi connectivity index (χ4v) is 2.09. The highest BCUT2D eigenvalue weighted by molar-refractivity contribution is 5.95. The molecule has 3 heteroatoms. The number of aryl methyl sites for hydroxylation is 2. The number of carbonyl (C=O) groups excluding carboxylic acids is 1. The molecule has 0 heterocycles. The Morgan fingerprint density at radius 1 is 1.35 bits per heavy atom. The van der Waals surface area contributed by atoms with Crippen molar-refractivity contribution in [3.63, 3.8) is 0 Å². The summed E-state index contributed by atoms with van der Waals surface area (Å²) < 4.78 is 0. The van der Waals surface area contributed by atoms with Gasteiger partial charge in [-0.05, 0) is 31.4 Å². The lowest BCUT2D eigenvalue weighted by Gasteiger charge is -2.24. The Labute approximate surface area is 104 Å². The number of para-hydroxylation sites is 1. The van der Waals surface area contributed by atoms with Crippen LogP contribution in [0.2, 0.25) is 0 Å². The lowest BCUT2D eigenvalue weighted by molar-refractivity contribution is -0.122. The van der Waals surface area contributed by atoms with Crippen molar-refractivity contribution >= 4 is 11.6 Å². The lowest BCUT2D eigenvalue weighted by Crippen LogP contribution is -2.41. The smallest absolute Gasteiger partial charge is 0.243 e. The van der Waals surface area contributed by atoms with E-state index in [0.29, 0.717) is 0 Å². The number of hydrogen-bond donors (Lipinski definition) is 1. The molecule has 0 spiro atoms.